The van der Waals surface area contributed by atoms with Gasteiger partial charge in [0.25, 0.3) is 0 Å². The molecule has 5 heteroatoms. The summed E-state index contributed by atoms with van der Waals surface area (Å²) in [5, 5.41) is 9.97. The lowest BCUT2D eigenvalue weighted by Gasteiger charge is -2.38. The number of phenols is 1. The lowest BCUT2D eigenvalue weighted by Crippen LogP contribution is -2.40. The van der Waals surface area contributed by atoms with E-state index in [0.29, 0.717) is 17.1 Å². The summed E-state index contributed by atoms with van der Waals surface area (Å²) in [5.41, 5.74) is 8.29. The first-order valence-electron chi connectivity index (χ1n) is 15.4. The van der Waals surface area contributed by atoms with Crippen LogP contribution in [-0.2, 0) is 25.8 Å². The second-order valence-electron chi connectivity index (χ2n) is 12.8. The number of fused-ring (bicyclic) bond motifs is 1. The number of rotatable bonds is 10. The van der Waals surface area contributed by atoms with Gasteiger partial charge < -0.3 is 24.4 Å². The molecule has 0 radical (unpaired) electrons. The van der Waals surface area contributed by atoms with Crippen LogP contribution < -0.4 is 14.4 Å². The molecule has 0 unspecified atom stereocenters. The third-order valence-electron chi connectivity index (χ3n) is 9.21. The topological polar surface area (TPSA) is 45.2 Å². The van der Waals surface area contributed by atoms with Crippen molar-refractivity contribution in [1.82, 2.24) is 4.90 Å². The predicted octanol–water partition coefficient (Wildman–Crippen LogP) is 7.37. The van der Waals surface area contributed by atoms with Crippen molar-refractivity contribution in [2.45, 2.75) is 71.8 Å². The highest BCUT2D eigenvalue weighted by atomic mass is 16.5. The molecule has 1 atom stereocenters. The third kappa shape index (κ3) is 7.01. The number of hydrogen-bond acceptors (Lipinski definition) is 5. The van der Waals surface area contributed by atoms with Gasteiger partial charge in [0.05, 0.1) is 14.2 Å². The van der Waals surface area contributed by atoms with Gasteiger partial charge in [0.15, 0.2) is 11.5 Å². The maximum Gasteiger partial charge on any atom is 0.162 e. The Hall–Kier alpha value is -3.18. The van der Waals surface area contributed by atoms with E-state index >= 15 is 0 Å². The number of hydrogen-bond donors (Lipinski definition) is 1. The summed E-state index contributed by atoms with van der Waals surface area (Å²) in [7, 11) is 3.43. The lowest BCUT2D eigenvalue weighted by atomic mass is 9.79. The van der Waals surface area contributed by atoms with Crippen LogP contribution in [0.2, 0.25) is 0 Å². The van der Waals surface area contributed by atoms with Crippen molar-refractivity contribution in [2.24, 2.45) is 5.41 Å². The first-order valence-corrected chi connectivity index (χ1v) is 15.4. The second kappa shape index (κ2) is 12.8. The van der Waals surface area contributed by atoms with Crippen LogP contribution in [-0.4, -0.2) is 50.4 Å². The van der Waals surface area contributed by atoms with Gasteiger partial charge in [0.1, 0.15) is 5.75 Å². The zero-order valence-electron chi connectivity index (χ0n) is 25.7. The molecule has 5 rings (SSSR count). The van der Waals surface area contributed by atoms with Crippen LogP contribution in [0.5, 0.6) is 17.2 Å². The third-order valence-corrected chi connectivity index (χ3v) is 9.21. The smallest absolute Gasteiger partial charge is 0.162 e. The Balaban J connectivity index is 1.34. The number of nitrogens with zero attached hydrogens (tertiary/aromatic N) is 2. The quantitative estimate of drug-likeness (QED) is 0.282. The standard InChI is InChI=1S/C36H48N2O3/c1-6-38(24-27-10-8-26(9-11-27)16-19-37-18-7-17-36(2,3)25-37)33-23-35(41-5)34(40-4)22-32(33)30-13-12-29-21-31(39)15-14-28(29)20-30/h8-11,14-15,21-23,30,39H,6-7,12-13,16-20,24-25H2,1-5H3/t30-/m1/s1. The van der Waals surface area contributed by atoms with Gasteiger partial charge in [-0.3, -0.25) is 0 Å². The number of benzene rings is 3. The van der Waals surface area contributed by atoms with E-state index in [4.69, 9.17) is 9.47 Å². The molecule has 0 spiro atoms. The number of piperidine rings is 1. The molecule has 3 aromatic carbocycles. The molecule has 1 saturated heterocycles. The highest BCUT2D eigenvalue weighted by molar-refractivity contribution is 5.64. The maximum absolute atomic E-state index is 9.97. The number of ether oxygens (including phenoxy) is 2. The van der Waals surface area contributed by atoms with E-state index in [-0.39, 0.29) is 0 Å². The van der Waals surface area contributed by atoms with Gasteiger partial charge in [-0.2, -0.15) is 0 Å². The Morgan fingerprint density at radius 1 is 0.951 bits per heavy atom. The maximum atomic E-state index is 9.97. The molecule has 1 fully saturated rings. The Labute approximate surface area is 247 Å². The molecule has 41 heavy (non-hydrogen) atoms. The highest BCUT2D eigenvalue weighted by Gasteiger charge is 2.27. The minimum Gasteiger partial charge on any atom is -0.508 e. The Morgan fingerprint density at radius 3 is 2.39 bits per heavy atom. The highest BCUT2D eigenvalue weighted by Crippen LogP contribution is 2.43. The fourth-order valence-electron chi connectivity index (χ4n) is 6.91. The molecule has 0 amide bonds. The van der Waals surface area contributed by atoms with Gasteiger partial charge in [-0.25, -0.2) is 0 Å². The van der Waals surface area contributed by atoms with Gasteiger partial charge >= 0.3 is 0 Å². The van der Waals surface area contributed by atoms with Crippen LogP contribution in [0, 0.1) is 5.41 Å². The number of methoxy groups -OCH3 is 2. The SMILES string of the molecule is CCN(Cc1ccc(CCN2CCCC(C)(C)C2)cc1)c1cc(OC)c(OC)cc1[C@@H]1CCc2cc(O)ccc2C1. The largest absolute Gasteiger partial charge is 0.508 e. The molecule has 5 nitrogen and oxygen atoms in total. The summed E-state index contributed by atoms with van der Waals surface area (Å²) in [5.74, 6) is 2.27. The van der Waals surface area contributed by atoms with Crippen LogP contribution in [0.15, 0.2) is 54.6 Å². The zero-order valence-corrected chi connectivity index (χ0v) is 25.7. The van der Waals surface area contributed by atoms with Gasteiger partial charge in [-0.1, -0.05) is 44.2 Å². The molecule has 1 N–H and O–H groups in total. The van der Waals surface area contributed by atoms with Crippen LogP contribution in [0.3, 0.4) is 0 Å². The van der Waals surface area contributed by atoms with Crippen molar-refractivity contribution in [3.63, 3.8) is 0 Å². The zero-order chi connectivity index (χ0) is 29.0. The van der Waals surface area contributed by atoms with Gasteiger partial charge in [-0.05, 0) is 109 Å². The van der Waals surface area contributed by atoms with Crippen molar-refractivity contribution in [1.29, 1.82) is 0 Å². The minimum atomic E-state index is 0.354. The number of likely N-dealkylation sites (tertiary alicyclic amines) is 1. The molecule has 3 aromatic rings. The number of anilines is 1. The molecule has 0 aromatic heterocycles. The number of aromatic hydroxyl groups is 1. The van der Waals surface area contributed by atoms with Crippen molar-refractivity contribution >= 4 is 5.69 Å². The molecule has 1 aliphatic carbocycles. The van der Waals surface area contributed by atoms with E-state index in [1.807, 2.05) is 12.1 Å². The average molecular weight is 557 g/mol. The van der Waals surface area contributed by atoms with Crippen molar-refractivity contribution in [3.8, 4) is 17.2 Å². The Bertz CT molecular complexity index is 1320. The molecule has 1 aliphatic heterocycles. The van der Waals surface area contributed by atoms with Crippen molar-refractivity contribution < 1.29 is 14.6 Å². The van der Waals surface area contributed by atoms with E-state index in [2.05, 4.69) is 73.0 Å². The molecular formula is C36H48N2O3. The van der Waals surface area contributed by atoms with Crippen LogP contribution in [0.4, 0.5) is 5.69 Å². The molecule has 2 aliphatic rings. The molecule has 220 valence electrons. The summed E-state index contributed by atoms with van der Waals surface area (Å²) in [6.07, 6.45) is 6.72. The Kier molecular flexibility index (Phi) is 9.13. The summed E-state index contributed by atoms with van der Waals surface area (Å²) >= 11 is 0. The van der Waals surface area contributed by atoms with Crippen LogP contribution in [0.1, 0.15) is 73.8 Å². The van der Waals surface area contributed by atoms with Crippen LogP contribution in [0.25, 0.3) is 0 Å². The molecule has 0 bridgehead atoms. The summed E-state index contributed by atoms with van der Waals surface area (Å²) in [4.78, 5) is 5.11. The second-order valence-corrected chi connectivity index (χ2v) is 12.8. The lowest BCUT2D eigenvalue weighted by molar-refractivity contribution is 0.119. The van der Waals surface area contributed by atoms with E-state index in [9.17, 15) is 5.11 Å². The van der Waals surface area contributed by atoms with Crippen LogP contribution >= 0.6 is 0 Å². The fraction of sp³-hybridized carbons (Fsp3) is 0.500. The summed E-state index contributed by atoms with van der Waals surface area (Å²) in [6, 6.07) is 19.4. The summed E-state index contributed by atoms with van der Waals surface area (Å²) in [6.45, 7) is 12.3. The molecular weight excluding hydrogens is 508 g/mol. The van der Waals surface area contributed by atoms with Gasteiger partial charge in [0.2, 0.25) is 0 Å². The monoisotopic (exact) mass is 556 g/mol. The normalized spacial score (nSPS) is 18.5. The van der Waals surface area contributed by atoms with Gasteiger partial charge in [-0.15, -0.1) is 0 Å². The van der Waals surface area contributed by atoms with E-state index in [1.165, 1.54) is 59.4 Å². The first kappa shape index (κ1) is 29.3. The fourth-order valence-corrected chi connectivity index (χ4v) is 6.91. The van der Waals surface area contributed by atoms with Crippen molar-refractivity contribution in [3.05, 3.63) is 82.4 Å². The van der Waals surface area contributed by atoms with E-state index in [0.717, 1.165) is 56.8 Å². The van der Waals surface area contributed by atoms with E-state index in [1.54, 1.807) is 14.2 Å². The predicted molar refractivity (Wildman–Crippen MR) is 169 cm³/mol. The van der Waals surface area contributed by atoms with Gasteiger partial charge in [0, 0.05) is 37.9 Å². The Morgan fingerprint density at radius 2 is 1.68 bits per heavy atom. The number of aryl methyl sites for hydroxylation is 1. The minimum absolute atomic E-state index is 0.354. The van der Waals surface area contributed by atoms with Crippen molar-refractivity contribution in [2.75, 3.05) is 45.3 Å². The molecule has 1 heterocycles. The molecule has 0 saturated carbocycles. The van der Waals surface area contributed by atoms with E-state index < -0.39 is 0 Å². The average Bonchev–Trinajstić information content (AvgIpc) is 2.98. The summed E-state index contributed by atoms with van der Waals surface area (Å²) < 4.78 is 11.5. The first-order chi connectivity index (χ1) is 19.8. The number of phenolic OH excluding ortho intramolecular Hbond substituents is 1.